The normalized spacial score (nSPS) is 11.5. The van der Waals surface area contributed by atoms with E-state index in [0.717, 1.165) is 11.3 Å². The van der Waals surface area contributed by atoms with Gasteiger partial charge in [0.15, 0.2) is 0 Å². The maximum Gasteiger partial charge on any atom is 0.471 e. The Morgan fingerprint density at radius 2 is 2.05 bits per heavy atom. The molecule has 100 valence electrons. The van der Waals surface area contributed by atoms with Crippen LogP contribution in [-0.2, 0) is 4.79 Å². The average Bonchev–Trinajstić information content (AvgIpc) is 2.65. The minimum absolute atomic E-state index is 0.227. The lowest BCUT2D eigenvalue weighted by Crippen LogP contribution is -2.30. The third-order valence-electron chi connectivity index (χ3n) is 2.19. The van der Waals surface area contributed by atoms with Crippen molar-refractivity contribution in [2.75, 3.05) is 5.32 Å². The van der Waals surface area contributed by atoms with Crippen LogP contribution in [0.4, 0.5) is 18.2 Å². The maximum absolute atomic E-state index is 12.2. The molecule has 0 aromatic carbocycles. The molecule has 19 heavy (non-hydrogen) atoms. The Balaban J connectivity index is 2.51. The molecule has 0 aliphatic heterocycles. The number of carbonyl (C=O) groups is 2. The van der Waals surface area contributed by atoms with Crippen molar-refractivity contribution in [3.05, 3.63) is 24.0 Å². The maximum atomic E-state index is 12.2. The SMILES string of the molecule is O=C(O)c1c(NC(=O)C(F)(F)F)sc2cnccc12. The monoisotopic (exact) mass is 290 g/mol. The van der Waals surface area contributed by atoms with Gasteiger partial charge >= 0.3 is 18.1 Å². The number of fused-ring (bicyclic) bond motifs is 1. The molecule has 0 unspecified atom stereocenters. The summed E-state index contributed by atoms with van der Waals surface area (Å²) in [5.74, 6) is -3.63. The van der Waals surface area contributed by atoms with E-state index in [9.17, 15) is 22.8 Å². The Kier molecular flexibility index (Phi) is 3.14. The molecule has 0 aliphatic rings. The number of rotatable bonds is 2. The molecule has 0 atom stereocenters. The topological polar surface area (TPSA) is 79.3 Å². The van der Waals surface area contributed by atoms with Gasteiger partial charge in [0.05, 0.1) is 4.70 Å². The number of carbonyl (C=O) groups excluding carboxylic acids is 1. The number of carboxylic acids is 1. The number of hydrogen-bond donors (Lipinski definition) is 2. The molecule has 2 aromatic heterocycles. The van der Waals surface area contributed by atoms with Crippen LogP contribution in [0.25, 0.3) is 10.1 Å². The minimum atomic E-state index is -5.08. The van der Waals surface area contributed by atoms with Gasteiger partial charge in [-0.25, -0.2) is 4.79 Å². The van der Waals surface area contributed by atoms with Crippen LogP contribution in [0, 0.1) is 0 Å². The van der Waals surface area contributed by atoms with Crippen molar-refractivity contribution in [2.24, 2.45) is 0 Å². The molecule has 0 aliphatic carbocycles. The van der Waals surface area contributed by atoms with E-state index in [1.807, 2.05) is 0 Å². The van der Waals surface area contributed by atoms with Gasteiger partial charge in [-0.05, 0) is 6.07 Å². The summed E-state index contributed by atoms with van der Waals surface area (Å²) in [6.07, 6.45) is -2.45. The molecule has 0 spiro atoms. The fourth-order valence-corrected chi connectivity index (χ4v) is 2.48. The molecule has 9 heteroatoms. The van der Waals surface area contributed by atoms with Crippen molar-refractivity contribution in [2.45, 2.75) is 6.18 Å². The summed E-state index contributed by atoms with van der Waals surface area (Å²) in [6.45, 7) is 0. The number of anilines is 1. The standard InChI is InChI=1S/C10H5F3N2O3S/c11-10(12,13)9(18)15-7-6(8(16)17)4-1-2-14-3-5(4)19-7/h1-3H,(H,15,18)(H,16,17). The van der Waals surface area contributed by atoms with E-state index < -0.39 is 18.1 Å². The van der Waals surface area contributed by atoms with Crippen molar-refractivity contribution < 1.29 is 27.9 Å². The molecule has 0 saturated heterocycles. The molecule has 0 fully saturated rings. The molecule has 5 nitrogen and oxygen atoms in total. The van der Waals surface area contributed by atoms with Gasteiger partial charge in [0, 0.05) is 17.8 Å². The summed E-state index contributed by atoms with van der Waals surface area (Å²) < 4.78 is 36.8. The summed E-state index contributed by atoms with van der Waals surface area (Å²) in [4.78, 5) is 25.7. The second-order valence-corrected chi connectivity index (χ2v) is 4.49. The summed E-state index contributed by atoms with van der Waals surface area (Å²) in [6, 6.07) is 1.36. The van der Waals surface area contributed by atoms with Gasteiger partial charge in [0.1, 0.15) is 10.6 Å². The molecule has 1 amide bonds. The van der Waals surface area contributed by atoms with Crippen molar-refractivity contribution in [3.63, 3.8) is 0 Å². The van der Waals surface area contributed by atoms with Gasteiger partial charge < -0.3 is 10.4 Å². The van der Waals surface area contributed by atoms with Crippen LogP contribution in [0.1, 0.15) is 10.4 Å². The highest BCUT2D eigenvalue weighted by molar-refractivity contribution is 7.23. The Morgan fingerprint density at radius 3 is 2.63 bits per heavy atom. The van der Waals surface area contributed by atoms with Crippen LogP contribution < -0.4 is 5.32 Å². The largest absolute Gasteiger partial charge is 0.478 e. The fraction of sp³-hybridized carbons (Fsp3) is 0.100. The van der Waals surface area contributed by atoms with Crippen LogP contribution in [0.2, 0.25) is 0 Å². The Morgan fingerprint density at radius 1 is 1.37 bits per heavy atom. The fourth-order valence-electron chi connectivity index (χ4n) is 1.43. The highest BCUT2D eigenvalue weighted by Gasteiger charge is 2.39. The lowest BCUT2D eigenvalue weighted by molar-refractivity contribution is -0.167. The smallest absolute Gasteiger partial charge is 0.471 e. The lowest BCUT2D eigenvalue weighted by Gasteiger charge is -2.06. The van der Waals surface area contributed by atoms with E-state index in [1.165, 1.54) is 18.5 Å². The first-order chi connectivity index (χ1) is 8.80. The van der Waals surface area contributed by atoms with Crippen LogP contribution in [0.15, 0.2) is 18.5 Å². The zero-order valence-electron chi connectivity index (χ0n) is 8.99. The summed E-state index contributed by atoms with van der Waals surface area (Å²) in [7, 11) is 0. The van der Waals surface area contributed by atoms with E-state index in [4.69, 9.17) is 5.11 Å². The number of halogens is 3. The molecular formula is C10H5F3N2O3S. The number of alkyl halides is 3. The molecule has 2 aromatic rings. The second kappa shape index (κ2) is 4.50. The minimum Gasteiger partial charge on any atom is -0.478 e. The van der Waals surface area contributed by atoms with Crippen LogP contribution in [0.3, 0.4) is 0 Å². The average molecular weight is 290 g/mol. The number of carboxylic acid groups (broad SMARTS) is 1. The first-order valence-electron chi connectivity index (χ1n) is 4.78. The number of hydrogen-bond acceptors (Lipinski definition) is 4. The molecule has 0 saturated carbocycles. The summed E-state index contributed by atoms with van der Waals surface area (Å²) in [5, 5.41) is 10.5. The quantitative estimate of drug-likeness (QED) is 0.890. The predicted molar refractivity (Wildman–Crippen MR) is 61.3 cm³/mol. The van der Waals surface area contributed by atoms with Crippen LogP contribution in [-0.4, -0.2) is 28.1 Å². The molecule has 2 heterocycles. The van der Waals surface area contributed by atoms with Crippen molar-refractivity contribution in [1.29, 1.82) is 0 Å². The molecule has 0 radical (unpaired) electrons. The highest BCUT2D eigenvalue weighted by Crippen LogP contribution is 2.35. The van der Waals surface area contributed by atoms with Gasteiger partial charge in [-0.2, -0.15) is 13.2 Å². The van der Waals surface area contributed by atoms with Crippen LogP contribution >= 0.6 is 11.3 Å². The third kappa shape index (κ3) is 2.50. The second-order valence-electron chi connectivity index (χ2n) is 3.44. The number of thiophene rings is 1. The van der Waals surface area contributed by atoms with Gasteiger partial charge in [-0.1, -0.05) is 0 Å². The Hall–Kier alpha value is -2.16. The molecule has 2 rings (SSSR count). The molecular weight excluding hydrogens is 285 g/mol. The van der Waals surface area contributed by atoms with E-state index in [1.54, 1.807) is 5.32 Å². The molecule has 0 bridgehead atoms. The lowest BCUT2D eigenvalue weighted by atomic mass is 10.2. The number of nitrogens with zero attached hydrogens (tertiary/aromatic N) is 1. The number of amides is 1. The number of nitrogens with one attached hydrogen (secondary N) is 1. The first kappa shape index (κ1) is 13.3. The highest BCUT2D eigenvalue weighted by atomic mass is 32.1. The molecule has 2 N–H and O–H groups in total. The number of pyridine rings is 1. The van der Waals surface area contributed by atoms with E-state index in [-0.39, 0.29) is 16.0 Å². The van der Waals surface area contributed by atoms with Gasteiger partial charge in [-0.15, -0.1) is 11.3 Å². The van der Waals surface area contributed by atoms with E-state index in [0.29, 0.717) is 4.70 Å². The number of aromatic carboxylic acids is 1. The summed E-state index contributed by atoms with van der Waals surface area (Å²) in [5.41, 5.74) is -0.375. The zero-order valence-corrected chi connectivity index (χ0v) is 9.80. The first-order valence-corrected chi connectivity index (χ1v) is 5.60. The zero-order chi connectivity index (χ0) is 14.2. The Labute approximate surface area is 107 Å². The van der Waals surface area contributed by atoms with E-state index in [2.05, 4.69) is 4.98 Å². The number of aromatic nitrogens is 1. The van der Waals surface area contributed by atoms with Crippen molar-refractivity contribution in [1.82, 2.24) is 4.98 Å². The predicted octanol–water partition coefficient (Wildman–Crippen LogP) is 2.50. The van der Waals surface area contributed by atoms with Crippen molar-refractivity contribution in [3.8, 4) is 0 Å². The van der Waals surface area contributed by atoms with Gasteiger partial charge in [0.2, 0.25) is 0 Å². The Bertz CT molecular complexity index is 666. The third-order valence-corrected chi connectivity index (χ3v) is 3.25. The summed E-state index contributed by atoms with van der Waals surface area (Å²) >= 11 is 0.721. The van der Waals surface area contributed by atoms with Gasteiger partial charge in [0.25, 0.3) is 0 Å². The van der Waals surface area contributed by atoms with Gasteiger partial charge in [-0.3, -0.25) is 9.78 Å². The van der Waals surface area contributed by atoms with Crippen molar-refractivity contribution >= 4 is 38.3 Å². The van der Waals surface area contributed by atoms with Crippen LogP contribution in [0.5, 0.6) is 0 Å². The van der Waals surface area contributed by atoms with E-state index >= 15 is 0 Å².